The van der Waals surface area contributed by atoms with Crippen LogP contribution in [0.15, 0.2) is 41.7 Å². The summed E-state index contributed by atoms with van der Waals surface area (Å²) < 4.78 is 7.20. The number of ether oxygens (including phenoxy) is 1. The first-order valence-corrected chi connectivity index (χ1v) is 9.30. The van der Waals surface area contributed by atoms with E-state index in [-0.39, 0.29) is 12.0 Å². The number of benzene rings is 1. The van der Waals surface area contributed by atoms with Crippen LogP contribution in [0.2, 0.25) is 0 Å². The van der Waals surface area contributed by atoms with E-state index in [9.17, 15) is 4.79 Å². The highest BCUT2D eigenvalue weighted by molar-refractivity contribution is 5.94. The molecule has 0 saturated heterocycles. The van der Waals surface area contributed by atoms with Gasteiger partial charge in [0.05, 0.1) is 12.2 Å². The molecule has 7 heteroatoms. The number of aromatic amines is 1. The fourth-order valence-electron chi connectivity index (χ4n) is 3.68. The van der Waals surface area contributed by atoms with Gasteiger partial charge in [-0.1, -0.05) is 31.5 Å². The van der Waals surface area contributed by atoms with Gasteiger partial charge in [-0.3, -0.25) is 0 Å². The van der Waals surface area contributed by atoms with Crippen LogP contribution in [0.3, 0.4) is 0 Å². The van der Waals surface area contributed by atoms with Gasteiger partial charge in [-0.25, -0.2) is 9.48 Å². The molecule has 140 valence electrons. The van der Waals surface area contributed by atoms with Crippen LogP contribution >= 0.6 is 0 Å². The van der Waals surface area contributed by atoms with E-state index in [1.54, 1.807) is 4.68 Å². The Morgan fingerprint density at radius 1 is 1.30 bits per heavy atom. The predicted octanol–water partition coefficient (Wildman–Crippen LogP) is 3.70. The zero-order valence-corrected chi connectivity index (χ0v) is 15.7. The Labute approximate surface area is 157 Å². The molecule has 0 aliphatic carbocycles. The van der Waals surface area contributed by atoms with Crippen molar-refractivity contribution in [2.75, 3.05) is 11.9 Å². The van der Waals surface area contributed by atoms with Gasteiger partial charge in [-0.05, 0) is 26.3 Å². The van der Waals surface area contributed by atoms with Crippen molar-refractivity contribution in [2.45, 2.75) is 39.7 Å². The first-order valence-electron chi connectivity index (χ1n) is 9.30. The highest BCUT2D eigenvalue weighted by atomic mass is 16.5. The number of H-pyrrole nitrogens is 1. The van der Waals surface area contributed by atoms with E-state index in [1.165, 1.54) is 0 Å². The minimum atomic E-state index is -0.390. The van der Waals surface area contributed by atoms with Crippen molar-refractivity contribution >= 4 is 22.8 Å². The number of hydrogen-bond acceptors (Lipinski definition) is 5. The van der Waals surface area contributed by atoms with Crippen molar-refractivity contribution in [3.8, 4) is 0 Å². The van der Waals surface area contributed by atoms with E-state index in [2.05, 4.69) is 33.4 Å². The zero-order chi connectivity index (χ0) is 19.0. The molecule has 7 nitrogen and oxygen atoms in total. The molecule has 3 aromatic rings. The van der Waals surface area contributed by atoms with Gasteiger partial charge in [-0.2, -0.15) is 10.1 Å². The summed E-state index contributed by atoms with van der Waals surface area (Å²) in [7, 11) is 0. The Morgan fingerprint density at radius 3 is 2.89 bits per heavy atom. The van der Waals surface area contributed by atoms with Gasteiger partial charge in [0.2, 0.25) is 5.95 Å². The van der Waals surface area contributed by atoms with E-state index in [0.717, 1.165) is 35.0 Å². The number of esters is 1. The number of hydrogen-bond donors (Lipinski definition) is 2. The third-order valence-corrected chi connectivity index (χ3v) is 4.75. The number of aromatic nitrogens is 4. The van der Waals surface area contributed by atoms with Gasteiger partial charge >= 0.3 is 5.97 Å². The molecule has 0 spiro atoms. The van der Waals surface area contributed by atoms with Crippen molar-refractivity contribution in [1.82, 2.24) is 19.7 Å². The number of nitrogens with one attached hydrogen (secondary N) is 2. The largest absolute Gasteiger partial charge is 0.463 e. The van der Waals surface area contributed by atoms with E-state index in [0.29, 0.717) is 24.0 Å². The maximum Gasteiger partial charge on any atom is 0.338 e. The number of rotatable bonds is 5. The van der Waals surface area contributed by atoms with Crippen LogP contribution in [0.25, 0.3) is 10.9 Å². The molecule has 27 heavy (non-hydrogen) atoms. The highest BCUT2D eigenvalue weighted by Gasteiger charge is 2.36. The number of allylic oxidation sites excluding steroid dienone is 1. The third-order valence-electron chi connectivity index (χ3n) is 4.75. The predicted molar refractivity (Wildman–Crippen MR) is 103 cm³/mol. The summed E-state index contributed by atoms with van der Waals surface area (Å²) in [4.78, 5) is 20.8. The van der Waals surface area contributed by atoms with Crippen LogP contribution in [-0.2, 0) is 9.53 Å². The van der Waals surface area contributed by atoms with E-state index >= 15 is 0 Å². The molecule has 1 aromatic carbocycles. The van der Waals surface area contributed by atoms with Crippen molar-refractivity contribution < 1.29 is 9.53 Å². The molecule has 1 aliphatic rings. The highest BCUT2D eigenvalue weighted by Crippen LogP contribution is 2.39. The first kappa shape index (κ1) is 17.3. The Hall–Kier alpha value is -3.09. The van der Waals surface area contributed by atoms with Crippen LogP contribution in [0.5, 0.6) is 0 Å². The van der Waals surface area contributed by atoms with Gasteiger partial charge in [-0.15, -0.1) is 0 Å². The van der Waals surface area contributed by atoms with Gasteiger partial charge in [0.1, 0.15) is 11.9 Å². The lowest BCUT2D eigenvalue weighted by atomic mass is 9.93. The minimum absolute atomic E-state index is 0.317. The zero-order valence-electron chi connectivity index (χ0n) is 15.7. The molecule has 0 fully saturated rings. The number of aryl methyl sites for hydroxylation is 1. The van der Waals surface area contributed by atoms with Gasteiger partial charge in [0.15, 0.2) is 0 Å². The molecule has 3 heterocycles. The monoisotopic (exact) mass is 365 g/mol. The summed E-state index contributed by atoms with van der Waals surface area (Å²) in [5, 5.41) is 8.93. The molecule has 0 saturated carbocycles. The molecular formula is C20H23N5O2. The Kier molecular flexibility index (Phi) is 4.43. The third kappa shape index (κ3) is 2.89. The number of anilines is 1. The second kappa shape index (κ2) is 6.90. The summed E-state index contributed by atoms with van der Waals surface area (Å²) in [6.45, 7) is 6.08. The van der Waals surface area contributed by atoms with Crippen LogP contribution in [0.1, 0.15) is 44.1 Å². The Bertz CT molecular complexity index is 1030. The second-order valence-electron chi connectivity index (χ2n) is 6.61. The number of fused-ring (bicyclic) bond motifs is 2. The molecule has 1 unspecified atom stereocenters. The summed E-state index contributed by atoms with van der Waals surface area (Å²) in [6, 6.07) is 7.66. The average Bonchev–Trinajstić information content (AvgIpc) is 3.23. The second-order valence-corrected chi connectivity index (χ2v) is 6.61. The minimum Gasteiger partial charge on any atom is -0.463 e. The Balaban J connectivity index is 1.96. The molecule has 1 aliphatic heterocycles. The smallest absolute Gasteiger partial charge is 0.338 e. The number of carbonyl (C=O) groups excluding carboxylic acids is 1. The molecule has 1 atom stereocenters. The van der Waals surface area contributed by atoms with Crippen LogP contribution < -0.4 is 5.32 Å². The first-order chi connectivity index (χ1) is 13.1. The lowest BCUT2D eigenvalue weighted by Crippen LogP contribution is -2.30. The van der Waals surface area contributed by atoms with E-state index in [1.807, 2.05) is 38.2 Å². The standard InChI is InChI=1S/C20H23N5O2/c1-4-8-16-17(19(26)27-5-2)18(25-20(23-16)22-12(3)24-25)14-11-21-15-10-7-6-9-13(14)15/h6-7,9-11,18,21H,4-5,8H2,1-3H3,(H,22,23,24). The molecule has 2 N–H and O–H groups in total. The van der Waals surface area contributed by atoms with Crippen molar-refractivity contribution in [3.05, 3.63) is 53.1 Å². The number of carbonyl (C=O) groups is 1. The fraction of sp³-hybridized carbons (Fsp3) is 0.350. The van der Waals surface area contributed by atoms with Crippen LogP contribution in [0.4, 0.5) is 5.95 Å². The molecule has 0 amide bonds. The topological polar surface area (TPSA) is 84.8 Å². The molecule has 0 radical (unpaired) electrons. The molecule has 0 bridgehead atoms. The normalized spacial score (nSPS) is 16.3. The molecule has 2 aromatic heterocycles. The lowest BCUT2D eigenvalue weighted by Gasteiger charge is -2.29. The van der Waals surface area contributed by atoms with Crippen molar-refractivity contribution in [3.63, 3.8) is 0 Å². The number of para-hydroxylation sites is 1. The van der Waals surface area contributed by atoms with Crippen LogP contribution in [-0.4, -0.2) is 32.3 Å². The maximum absolute atomic E-state index is 12.9. The molecule has 4 rings (SSSR count). The van der Waals surface area contributed by atoms with Crippen LogP contribution in [0, 0.1) is 6.92 Å². The van der Waals surface area contributed by atoms with Gasteiger partial charge in [0, 0.05) is 28.4 Å². The summed E-state index contributed by atoms with van der Waals surface area (Å²) in [5.74, 6) is 0.991. The quantitative estimate of drug-likeness (QED) is 0.674. The van der Waals surface area contributed by atoms with Gasteiger partial charge in [0.25, 0.3) is 0 Å². The number of nitrogens with zero attached hydrogens (tertiary/aromatic N) is 3. The van der Waals surface area contributed by atoms with Crippen molar-refractivity contribution in [1.29, 1.82) is 0 Å². The van der Waals surface area contributed by atoms with E-state index < -0.39 is 0 Å². The summed E-state index contributed by atoms with van der Waals surface area (Å²) in [5.41, 5.74) is 3.45. The molecular weight excluding hydrogens is 342 g/mol. The SMILES string of the molecule is CCCC1=C(C(=O)OCC)C(c2c[nH]c3ccccc23)n2nc(C)nc2N1. The fourth-order valence-corrected chi connectivity index (χ4v) is 3.68. The maximum atomic E-state index is 12.9. The summed E-state index contributed by atoms with van der Waals surface area (Å²) in [6.07, 6.45) is 3.59. The lowest BCUT2D eigenvalue weighted by molar-refractivity contribution is -0.139. The van der Waals surface area contributed by atoms with E-state index in [4.69, 9.17) is 4.74 Å². The Morgan fingerprint density at radius 2 is 2.11 bits per heavy atom. The van der Waals surface area contributed by atoms with Crippen molar-refractivity contribution in [2.24, 2.45) is 0 Å². The van der Waals surface area contributed by atoms with Gasteiger partial charge < -0.3 is 15.0 Å². The summed E-state index contributed by atoms with van der Waals surface area (Å²) >= 11 is 0. The average molecular weight is 365 g/mol.